The molecule has 0 aliphatic heterocycles. The highest BCUT2D eigenvalue weighted by molar-refractivity contribution is 6.38. The van der Waals surface area contributed by atoms with Crippen LogP contribution >= 0.6 is 0 Å². The summed E-state index contributed by atoms with van der Waals surface area (Å²) in [6, 6.07) is 4.36. The summed E-state index contributed by atoms with van der Waals surface area (Å²) in [4.78, 5) is 80.7. The summed E-state index contributed by atoms with van der Waals surface area (Å²) in [6.07, 6.45) is 0. The van der Waals surface area contributed by atoms with Gasteiger partial charge in [-0.05, 0) is 26.0 Å². The average Bonchev–Trinajstić information content (AvgIpc) is 2.91. The van der Waals surface area contributed by atoms with Crippen molar-refractivity contribution in [2.24, 2.45) is 0 Å². The van der Waals surface area contributed by atoms with E-state index < -0.39 is 79.3 Å². The first kappa shape index (κ1) is 26.4. The van der Waals surface area contributed by atoms with E-state index in [2.05, 4.69) is 0 Å². The van der Waals surface area contributed by atoms with Crippen molar-refractivity contribution in [2.75, 3.05) is 14.2 Å². The van der Waals surface area contributed by atoms with Gasteiger partial charge in [0.2, 0.25) is 23.1 Å². The van der Waals surface area contributed by atoms with Crippen molar-refractivity contribution in [1.29, 1.82) is 0 Å². The molecule has 2 aromatic heterocycles. The molecule has 2 N–H and O–H groups in total. The fourth-order valence-corrected chi connectivity index (χ4v) is 5.44. The molecule has 2 aliphatic carbocycles. The van der Waals surface area contributed by atoms with Gasteiger partial charge in [0.1, 0.15) is 45.0 Å². The third-order valence-corrected chi connectivity index (χ3v) is 7.16. The van der Waals surface area contributed by atoms with Crippen LogP contribution in [-0.2, 0) is 9.47 Å². The highest BCUT2D eigenvalue weighted by atomic mass is 16.5. The molecule has 210 valence electrons. The number of aromatic hydroxyl groups is 2. The Morgan fingerprint density at radius 3 is 1.26 bits per heavy atom. The zero-order chi connectivity index (χ0) is 30.4. The number of ketones is 4. The van der Waals surface area contributed by atoms with Crippen molar-refractivity contribution in [1.82, 2.24) is 0 Å². The zero-order valence-corrected chi connectivity index (χ0v) is 22.3. The van der Waals surface area contributed by atoms with Gasteiger partial charge in [0.05, 0.1) is 36.5 Å². The Hall–Kier alpha value is -5.78. The molecule has 0 unspecified atom stereocenters. The van der Waals surface area contributed by atoms with Gasteiger partial charge in [-0.3, -0.25) is 28.8 Å². The van der Waals surface area contributed by atoms with E-state index in [0.717, 1.165) is 38.5 Å². The van der Waals surface area contributed by atoms with Gasteiger partial charge in [0.15, 0.2) is 22.4 Å². The molecule has 0 bridgehead atoms. The zero-order valence-electron chi connectivity index (χ0n) is 22.3. The number of hydrogen-bond acceptors (Lipinski definition) is 12. The second kappa shape index (κ2) is 8.86. The Balaban J connectivity index is 1.67. The number of benzene rings is 2. The lowest BCUT2D eigenvalue weighted by molar-refractivity contribution is 0.0879. The maximum atomic E-state index is 14.0. The topological polar surface area (TPSA) is 188 Å². The van der Waals surface area contributed by atoms with Crippen molar-refractivity contribution in [3.8, 4) is 11.5 Å². The van der Waals surface area contributed by atoms with Gasteiger partial charge in [-0.15, -0.1) is 0 Å². The van der Waals surface area contributed by atoms with Crippen molar-refractivity contribution in [3.63, 3.8) is 0 Å². The second-order valence-electron chi connectivity index (χ2n) is 9.62. The van der Waals surface area contributed by atoms with Gasteiger partial charge in [0, 0.05) is 23.3 Å². The Kier molecular flexibility index (Phi) is 5.58. The SMILES string of the molecule is COC1=C(C2=C(OC)C(=O)c3cc4oc(C)cc(=O)c4c(O)c3C2=O)C(=O)c2c(cc3oc(C)cc(=O)c3c2O)C1=O. The summed E-state index contributed by atoms with van der Waals surface area (Å²) in [5.41, 5.74) is -5.26. The van der Waals surface area contributed by atoms with E-state index in [-0.39, 0.29) is 44.6 Å². The highest BCUT2D eigenvalue weighted by Gasteiger charge is 2.46. The molecule has 12 nitrogen and oxygen atoms in total. The van der Waals surface area contributed by atoms with Crippen LogP contribution in [0.25, 0.3) is 21.9 Å². The maximum Gasteiger partial charge on any atom is 0.229 e. The number of carbonyl (C=O) groups excluding carboxylic acids is 4. The lowest BCUT2D eigenvalue weighted by Gasteiger charge is -2.26. The van der Waals surface area contributed by atoms with Crippen LogP contribution in [0.4, 0.5) is 0 Å². The first-order chi connectivity index (χ1) is 19.9. The molecule has 42 heavy (non-hydrogen) atoms. The number of fused-ring (bicyclic) bond motifs is 4. The highest BCUT2D eigenvalue weighted by Crippen LogP contribution is 2.44. The van der Waals surface area contributed by atoms with Crippen molar-refractivity contribution in [3.05, 3.63) is 101 Å². The van der Waals surface area contributed by atoms with Crippen molar-refractivity contribution >= 4 is 45.1 Å². The summed E-state index contributed by atoms with van der Waals surface area (Å²) >= 11 is 0. The quantitative estimate of drug-likeness (QED) is 0.367. The smallest absolute Gasteiger partial charge is 0.229 e. The number of allylic oxidation sites excluding steroid dienone is 4. The number of phenolic OH excluding ortho intramolecular Hbond substituents is 2. The molecule has 0 atom stereocenters. The van der Waals surface area contributed by atoms with Gasteiger partial charge in [-0.1, -0.05) is 0 Å². The fourth-order valence-electron chi connectivity index (χ4n) is 5.44. The molecular weight excluding hydrogens is 552 g/mol. The fraction of sp³-hybridized carbons (Fsp3) is 0.133. The minimum atomic E-state index is -1.15. The molecular formula is C30H18O12. The molecule has 0 fully saturated rings. The Bertz CT molecular complexity index is 2050. The van der Waals surface area contributed by atoms with Crippen LogP contribution in [0, 0.1) is 13.8 Å². The van der Waals surface area contributed by atoms with Gasteiger partial charge < -0.3 is 28.5 Å². The number of ether oxygens (including phenoxy) is 2. The molecule has 2 aliphatic rings. The lowest BCUT2D eigenvalue weighted by atomic mass is 9.77. The van der Waals surface area contributed by atoms with E-state index in [1.807, 2.05) is 0 Å². The van der Waals surface area contributed by atoms with Crippen LogP contribution in [0.1, 0.15) is 53.0 Å². The molecule has 0 saturated carbocycles. The molecule has 6 rings (SSSR count). The molecule has 0 spiro atoms. The Morgan fingerprint density at radius 1 is 0.571 bits per heavy atom. The predicted molar refractivity (Wildman–Crippen MR) is 143 cm³/mol. The predicted octanol–water partition coefficient (Wildman–Crippen LogP) is 3.19. The van der Waals surface area contributed by atoms with E-state index >= 15 is 0 Å². The Labute approximate surface area is 233 Å². The average molecular weight is 570 g/mol. The van der Waals surface area contributed by atoms with Gasteiger partial charge in [-0.2, -0.15) is 0 Å². The van der Waals surface area contributed by atoms with Crippen LogP contribution in [0.2, 0.25) is 0 Å². The number of aryl methyl sites for hydroxylation is 2. The minimum Gasteiger partial charge on any atom is -0.506 e. The molecule has 0 radical (unpaired) electrons. The number of phenols is 2. The third kappa shape index (κ3) is 3.35. The van der Waals surface area contributed by atoms with E-state index in [9.17, 15) is 39.0 Å². The number of methoxy groups -OCH3 is 2. The second-order valence-corrected chi connectivity index (χ2v) is 9.62. The molecule has 2 aromatic carbocycles. The monoisotopic (exact) mass is 570 g/mol. The van der Waals surface area contributed by atoms with Crippen LogP contribution in [-0.4, -0.2) is 47.6 Å². The standard InChI is InChI=1S/C30H18O12/c1-9-5-13(31)19-15(41-9)7-11-17(25(19)35)27(37)21(29(39-3)23(11)33)22-28(38)18-12(24(34)30(22)40-4)8-16-20(26(18)36)14(32)6-10(2)42-16/h5-8,35-36H,1-4H3. The van der Waals surface area contributed by atoms with Crippen LogP contribution in [0.15, 0.2) is 65.4 Å². The van der Waals surface area contributed by atoms with E-state index in [1.165, 1.54) is 13.8 Å². The molecule has 0 saturated heterocycles. The molecule has 2 heterocycles. The molecule has 0 amide bonds. The van der Waals surface area contributed by atoms with Crippen molar-refractivity contribution < 1.29 is 47.7 Å². The number of hydrogen-bond donors (Lipinski definition) is 2. The summed E-state index contributed by atoms with van der Waals surface area (Å²) in [7, 11) is 2.09. The molecule has 4 aromatic rings. The van der Waals surface area contributed by atoms with Gasteiger partial charge in [-0.25, -0.2) is 0 Å². The normalized spacial score (nSPS) is 15.0. The van der Waals surface area contributed by atoms with Gasteiger partial charge in [0.25, 0.3) is 0 Å². The van der Waals surface area contributed by atoms with Crippen LogP contribution in [0.5, 0.6) is 11.5 Å². The summed E-state index contributed by atoms with van der Waals surface area (Å²) in [5, 5.41) is 21.4. The Morgan fingerprint density at radius 2 is 0.929 bits per heavy atom. The maximum absolute atomic E-state index is 14.0. The summed E-state index contributed by atoms with van der Waals surface area (Å²) in [5.74, 6) is -6.99. The van der Waals surface area contributed by atoms with Crippen LogP contribution in [0.3, 0.4) is 0 Å². The van der Waals surface area contributed by atoms with E-state index in [4.69, 9.17) is 18.3 Å². The lowest BCUT2D eigenvalue weighted by Crippen LogP contribution is -2.31. The molecule has 12 heteroatoms. The number of Topliss-reactive ketones (excluding diaryl/α,β-unsaturated/α-hetero) is 4. The van der Waals surface area contributed by atoms with Crippen LogP contribution < -0.4 is 10.9 Å². The van der Waals surface area contributed by atoms with Crippen molar-refractivity contribution in [2.45, 2.75) is 13.8 Å². The summed E-state index contributed by atoms with van der Waals surface area (Å²) < 4.78 is 21.5. The number of rotatable bonds is 3. The van der Waals surface area contributed by atoms with E-state index in [0.29, 0.717) is 0 Å². The van der Waals surface area contributed by atoms with E-state index in [1.54, 1.807) is 0 Å². The largest absolute Gasteiger partial charge is 0.506 e. The first-order valence-electron chi connectivity index (χ1n) is 12.3. The minimum absolute atomic E-state index is 0.170. The third-order valence-electron chi connectivity index (χ3n) is 7.16. The number of carbonyl (C=O) groups is 4. The van der Waals surface area contributed by atoms with Gasteiger partial charge >= 0.3 is 0 Å². The first-order valence-corrected chi connectivity index (χ1v) is 12.3. The summed E-state index contributed by atoms with van der Waals surface area (Å²) in [6.45, 7) is 2.96.